The summed E-state index contributed by atoms with van der Waals surface area (Å²) >= 11 is 0. The standard InChI is InChI=1S/C19H23N3O3/c1-4-18(23)21-14-10-9-13(2)16(11-14)20-12-19(24)22-15-7-5-6-8-17(15)25-3/h5-11,20H,4,12H2,1-3H3,(H,21,23)(H,22,24). The van der Waals surface area contributed by atoms with E-state index in [9.17, 15) is 9.59 Å². The maximum Gasteiger partial charge on any atom is 0.243 e. The number of carbonyl (C=O) groups is 2. The molecule has 2 aromatic carbocycles. The van der Waals surface area contributed by atoms with E-state index in [-0.39, 0.29) is 18.4 Å². The lowest BCUT2D eigenvalue weighted by Gasteiger charge is -2.13. The van der Waals surface area contributed by atoms with Crippen molar-refractivity contribution < 1.29 is 14.3 Å². The molecular weight excluding hydrogens is 318 g/mol. The van der Waals surface area contributed by atoms with Gasteiger partial charge in [-0.15, -0.1) is 0 Å². The van der Waals surface area contributed by atoms with Crippen molar-refractivity contribution in [3.05, 3.63) is 48.0 Å². The average Bonchev–Trinajstić information content (AvgIpc) is 2.62. The molecule has 0 fully saturated rings. The van der Waals surface area contributed by atoms with Crippen LogP contribution in [0.2, 0.25) is 0 Å². The molecule has 0 aliphatic carbocycles. The highest BCUT2D eigenvalue weighted by molar-refractivity contribution is 5.95. The second-order valence-corrected chi connectivity index (χ2v) is 5.53. The summed E-state index contributed by atoms with van der Waals surface area (Å²) in [5.41, 5.74) is 3.10. The van der Waals surface area contributed by atoms with E-state index < -0.39 is 0 Å². The Balaban J connectivity index is 1.99. The third-order valence-electron chi connectivity index (χ3n) is 3.66. The van der Waals surface area contributed by atoms with Crippen molar-refractivity contribution in [2.75, 3.05) is 29.6 Å². The van der Waals surface area contributed by atoms with E-state index in [1.807, 2.05) is 37.3 Å². The van der Waals surface area contributed by atoms with Gasteiger partial charge >= 0.3 is 0 Å². The number of aryl methyl sites for hydroxylation is 1. The van der Waals surface area contributed by atoms with Crippen molar-refractivity contribution in [1.29, 1.82) is 0 Å². The summed E-state index contributed by atoms with van der Waals surface area (Å²) in [4.78, 5) is 23.7. The highest BCUT2D eigenvalue weighted by Crippen LogP contribution is 2.23. The van der Waals surface area contributed by atoms with E-state index >= 15 is 0 Å². The molecule has 132 valence electrons. The van der Waals surface area contributed by atoms with Crippen LogP contribution in [-0.4, -0.2) is 25.5 Å². The van der Waals surface area contributed by atoms with Gasteiger partial charge in [0, 0.05) is 17.8 Å². The van der Waals surface area contributed by atoms with Gasteiger partial charge in [-0.05, 0) is 36.8 Å². The zero-order valence-electron chi connectivity index (χ0n) is 14.7. The van der Waals surface area contributed by atoms with Gasteiger partial charge in [0.15, 0.2) is 0 Å². The van der Waals surface area contributed by atoms with Gasteiger partial charge < -0.3 is 20.7 Å². The number of rotatable bonds is 7. The van der Waals surface area contributed by atoms with Crippen LogP contribution in [0, 0.1) is 6.92 Å². The zero-order valence-corrected chi connectivity index (χ0v) is 14.7. The van der Waals surface area contributed by atoms with Crippen LogP contribution in [-0.2, 0) is 9.59 Å². The molecule has 0 spiro atoms. The summed E-state index contributed by atoms with van der Waals surface area (Å²) in [5.74, 6) is 0.368. The van der Waals surface area contributed by atoms with Crippen LogP contribution >= 0.6 is 0 Å². The van der Waals surface area contributed by atoms with Gasteiger partial charge in [-0.1, -0.05) is 25.1 Å². The molecule has 0 unspecified atom stereocenters. The van der Waals surface area contributed by atoms with E-state index in [4.69, 9.17) is 4.74 Å². The first kappa shape index (κ1) is 18.3. The first-order valence-electron chi connectivity index (χ1n) is 8.10. The highest BCUT2D eigenvalue weighted by atomic mass is 16.5. The predicted molar refractivity (Wildman–Crippen MR) is 100 cm³/mol. The minimum atomic E-state index is -0.188. The topological polar surface area (TPSA) is 79.5 Å². The molecule has 2 rings (SSSR count). The Kier molecular flexibility index (Phi) is 6.39. The average molecular weight is 341 g/mol. The van der Waals surface area contributed by atoms with Crippen molar-refractivity contribution in [3.63, 3.8) is 0 Å². The Hall–Kier alpha value is -3.02. The molecule has 0 aliphatic heterocycles. The minimum absolute atomic E-state index is 0.0521. The van der Waals surface area contributed by atoms with Gasteiger partial charge in [-0.25, -0.2) is 0 Å². The summed E-state index contributed by atoms with van der Waals surface area (Å²) < 4.78 is 5.22. The van der Waals surface area contributed by atoms with Gasteiger partial charge in [0.25, 0.3) is 0 Å². The van der Waals surface area contributed by atoms with Crippen LogP contribution in [0.1, 0.15) is 18.9 Å². The molecule has 0 aromatic heterocycles. The number of benzene rings is 2. The monoisotopic (exact) mass is 341 g/mol. The minimum Gasteiger partial charge on any atom is -0.495 e. The van der Waals surface area contributed by atoms with Crippen LogP contribution < -0.4 is 20.7 Å². The molecule has 0 bridgehead atoms. The van der Waals surface area contributed by atoms with E-state index in [0.717, 1.165) is 11.3 Å². The Bertz CT molecular complexity index is 759. The molecule has 0 atom stereocenters. The smallest absolute Gasteiger partial charge is 0.243 e. The van der Waals surface area contributed by atoms with Gasteiger partial charge in [0.2, 0.25) is 11.8 Å². The molecule has 6 nitrogen and oxygen atoms in total. The van der Waals surface area contributed by atoms with Crippen molar-refractivity contribution in [3.8, 4) is 5.75 Å². The molecule has 0 aliphatic rings. The largest absolute Gasteiger partial charge is 0.495 e. The molecule has 6 heteroatoms. The maximum atomic E-state index is 12.2. The predicted octanol–water partition coefficient (Wildman–Crippen LogP) is 3.40. The number of ether oxygens (including phenoxy) is 1. The normalized spacial score (nSPS) is 10.0. The van der Waals surface area contributed by atoms with E-state index in [2.05, 4.69) is 16.0 Å². The first-order chi connectivity index (χ1) is 12.0. The van der Waals surface area contributed by atoms with Crippen molar-refractivity contribution in [2.45, 2.75) is 20.3 Å². The van der Waals surface area contributed by atoms with Crippen LogP contribution in [0.5, 0.6) is 5.75 Å². The molecule has 0 saturated carbocycles. The Morgan fingerprint density at radius 3 is 2.48 bits per heavy atom. The van der Waals surface area contributed by atoms with Crippen molar-refractivity contribution in [1.82, 2.24) is 0 Å². The maximum absolute atomic E-state index is 12.2. The van der Waals surface area contributed by atoms with Crippen LogP contribution in [0.15, 0.2) is 42.5 Å². The van der Waals surface area contributed by atoms with Gasteiger partial charge in [-0.2, -0.15) is 0 Å². The second-order valence-electron chi connectivity index (χ2n) is 5.53. The molecule has 3 N–H and O–H groups in total. The van der Waals surface area contributed by atoms with E-state index in [1.54, 1.807) is 26.2 Å². The fourth-order valence-corrected chi connectivity index (χ4v) is 2.26. The number of carbonyl (C=O) groups excluding carboxylic acids is 2. The fourth-order valence-electron chi connectivity index (χ4n) is 2.26. The van der Waals surface area contributed by atoms with Crippen molar-refractivity contribution >= 4 is 28.9 Å². The fraction of sp³-hybridized carbons (Fsp3) is 0.263. The van der Waals surface area contributed by atoms with Crippen LogP contribution in [0.25, 0.3) is 0 Å². The lowest BCUT2D eigenvalue weighted by molar-refractivity contribution is -0.116. The second kappa shape index (κ2) is 8.73. The summed E-state index contributed by atoms with van der Waals surface area (Å²) in [6.45, 7) is 3.83. The number of methoxy groups -OCH3 is 1. The number of anilines is 3. The molecule has 25 heavy (non-hydrogen) atoms. The van der Waals surface area contributed by atoms with E-state index in [1.165, 1.54) is 0 Å². The lowest BCUT2D eigenvalue weighted by Crippen LogP contribution is -2.22. The summed E-state index contributed by atoms with van der Waals surface area (Å²) in [6.07, 6.45) is 0.415. The SMILES string of the molecule is CCC(=O)Nc1ccc(C)c(NCC(=O)Nc2ccccc2OC)c1. The van der Waals surface area contributed by atoms with Crippen LogP contribution in [0.4, 0.5) is 17.1 Å². The summed E-state index contributed by atoms with van der Waals surface area (Å²) in [5, 5.41) is 8.71. The molecule has 0 radical (unpaired) electrons. The number of nitrogens with one attached hydrogen (secondary N) is 3. The Morgan fingerprint density at radius 1 is 1.00 bits per heavy atom. The molecule has 2 aromatic rings. The van der Waals surface area contributed by atoms with E-state index in [0.29, 0.717) is 23.5 Å². The van der Waals surface area contributed by atoms with Crippen molar-refractivity contribution in [2.24, 2.45) is 0 Å². The zero-order chi connectivity index (χ0) is 18.2. The summed E-state index contributed by atoms with van der Waals surface area (Å²) in [6, 6.07) is 12.8. The molecule has 0 heterocycles. The van der Waals surface area contributed by atoms with Gasteiger partial charge in [0.05, 0.1) is 19.3 Å². The highest BCUT2D eigenvalue weighted by Gasteiger charge is 2.08. The molecule has 2 amide bonds. The first-order valence-corrected chi connectivity index (χ1v) is 8.10. The molecular formula is C19H23N3O3. The molecule has 0 saturated heterocycles. The van der Waals surface area contributed by atoms with Gasteiger partial charge in [-0.3, -0.25) is 9.59 Å². The number of amides is 2. The Labute approximate surface area is 147 Å². The van der Waals surface area contributed by atoms with Crippen LogP contribution in [0.3, 0.4) is 0 Å². The lowest BCUT2D eigenvalue weighted by atomic mass is 10.1. The Morgan fingerprint density at radius 2 is 1.76 bits per heavy atom. The third kappa shape index (κ3) is 5.24. The number of hydrogen-bond donors (Lipinski definition) is 3. The third-order valence-corrected chi connectivity index (χ3v) is 3.66. The van der Waals surface area contributed by atoms with Gasteiger partial charge in [0.1, 0.15) is 5.75 Å². The number of hydrogen-bond acceptors (Lipinski definition) is 4. The summed E-state index contributed by atoms with van der Waals surface area (Å²) in [7, 11) is 1.56. The number of para-hydroxylation sites is 2. The quantitative estimate of drug-likeness (QED) is 0.721.